The Kier molecular flexibility index (Phi) is 5.79. The molecular formula is C24H34F3N. The van der Waals surface area contributed by atoms with Gasteiger partial charge in [-0.1, -0.05) is 51.2 Å². The Morgan fingerprint density at radius 2 is 1.61 bits per heavy atom. The molecule has 0 N–H and O–H groups in total. The molecule has 1 aromatic carbocycles. The van der Waals surface area contributed by atoms with Gasteiger partial charge in [0.15, 0.2) is 0 Å². The average molecular weight is 394 g/mol. The zero-order chi connectivity index (χ0) is 19.8. The molecule has 0 amide bonds. The second kappa shape index (κ2) is 8.01. The molecule has 28 heavy (non-hydrogen) atoms. The molecule has 3 atom stereocenters. The van der Waals surface area contributed by atoms with Crippen molar-refractivity contribution < 1.29 is 13.2 Å². The Hall–Kier alpha value is -1.03. The number of hydrogen-bond acceptors (Lipinski definition) is 1. The Labute approximate surface area is 167 Å². The van der Waals surface area contributed by atoms with Gasteiger partial charge < -0.3 is 0 Å². The van der Waals surface area contributed by atoms with Crippen LogP contribution in [0, 0.1) is 11.3 Å². The SMILES string of the molecule is CC1CN([C@@H]2CCCC[C@H]2c2ccc(C(F)(F)F)cc2)CC2(CCCCC2)C1. The van der Waals surface area contributed by atoms with Crippen LogP contribution in [0.2, 0.25) is 0 Å². The third kappa shape index (κ3) is 4.27. The van der Waals surface area contributed by atoms with E-state index < -0.39 is 11.7 Å². The minimum absolute atomic E-state index is 0.377. The third-order valence-corrected chi connectivity index (χ3v) is 7.65. The summed E-state index contributed by atoms with van der Waals surface area (Å²) in [5.74, 6) is 1.10. The van der Waals surface area contributed by atoms with Crippen molar-refractivity contribution in [2.24, 2.45) is 11.3 Å². The highest BCUT2D eigenvalue weighted by Gasteiger charge is 2.43. The molecule has 3 aliphatic rings. The van der Waals surface area contributed by atoms with E-state index in [1.165, 1.54) is 76.5 Å². The number of piperidine rings is 1. The highest BCUT2D eigenvalue weighted by atomic mass is 19.4. The van der Waals surface area contributed by atoms with E-state index in [4.69, 9.17) is 0 Å². The lowest BCUT2D eigenvalue weighted by Gasteiger charge is -2.52. The summed E-state index contributed by atoms with van der Waals surface area (Å²) in [6, 6.07) is 6.54. The van der Waals surface area contributed by atoms with Crippen molar-refractivity contribution in [2.45, 2.75) is 89.3 Å². The summed E-state index contributed by atoms with van der Waals surface area (Å²) in [6.07, 6.45) is 8.70. The lowest BCUT2D eigenvalue weighted by molar-refractivity contribution is -0.137. The van der Waals surface area contributed by atoms with Crippen molar-refractivity contribution in [1.29, 1.82) is 0 Å². The molecule has 4 rings (SSSR count). The first-order valence-corrected chi connectivity index (χ1v) is 11.3. The van der Waals surface area contributed by atoms with Crippen molar-refractivity contribution in [1.82, 2.24) is 4.90 Å². The summed E-state index contributed by atoms with van der Waals surface area (Å²) in [4.78, 5) is 2.75. The number of benzene rings is 1. The molecule has 156 valence electrons. The van der Waals surface area contributed by atoms with Crippen LogP contribution in [0.4, 0.5) is 13.2 Å². The molecule has 1 unspecified atom stereocenters. The van der Waals surface area contributed by atoms with Gasteiger partial charge in [0.2, 0.25) is 0 Å². The lowest BCUT2D eigenvalue weighted by atomic mass is 9.66. The Morgan fingerprint density at radius 1 is 0.929 bits per heavy atom. The van der Waals surface area contributed by atoms with Crippen LogP contribution < -0.4 is 0 Å². The maximum atomic E-state index is 13.0. The fraction of sp³-hybridized carbons (Fsp3) is 0.750. The van der Waals surface area contributed by atoms with E-state index in [-0.39, 0.29) is 0 Å². The first-order chi connectivity index (χ1) is 13.4. The number of halogens is 3. The van der Waals surface area contributed by atoms with Crippen LogP contribution in [-0.4, -0.2) is 24.0 Å². The minimum atomic E-state index is -4.25. The van der Waals surface area contributed by atoms with Crippen LogP contribution in [0.1, 0.15) is 88.2 Å². The normalized spacial score (nSPS) is 31.8. The van der Waals surface area contributed by atoms with Crippen LogP contribution in [0.3, 0.4) is 0 Å². The molecular weight excluding hydrogens is 359 g/mol. The molecule has 1 aliphatic heterocycles. The van der Waals surface area contributed by atoms with Gasteiger partial charge in [-0.3, -0.25) is 4.90 Å². The highest BCUT2D eigenvalue weighted by molar-refractivity contribution is 5.28. The van der Waals surface area contributed by atoms with Gasteiger partial charge in [0.1, 0.15) is 0 Å². The monoisotopic (exact) mass is 393 g/mol. The standard InChI is InChI=1S/C24H34F3N/c1-18-15-23(13-5-2-6-14-23)17-28(16-18)22-8-4-3-7-21(22)19-9-11-20(12-10-19)24(25,26)27/h9-12,18,21-22H,2-8,13-17H2,1H3/t18?,21-,22+/m0/s1. The van der Waals surface area contributed by atoms with Crippen molar-refractivity contribution >= 4 is 0 Å². The van der Waals surface area contributed by atoms with Gasteiger partial charge in [-0.05, 0) is 67.1 Å². The topological polar surface area (TPSA) is 3.24 Å². The first kappa shape index (κ1) is 20.3. The predicted octanol–water partition coefficient (Wildman–Crippen LogP) is 7.02. The van der Waals surface area contributed by atoms with Gasteiger partial charge >= 0.3 is 6.18 Å². The molecule has 1 aromatic rings. The molecule has 1 saturated heterocycles. The molecule has 2 saturated carbocycles. The lowest BCUT2D eigenvalue weighted by Crippen LogP contribution is -2.53. The largest absolute Gasteiger partial charge is 0.416 e. The van der Waals surface area contributed by atoms with Gasteiger partial charge in [-0.25, -0.2) is 0 Å². The second-order valence-electron chi connectivity index (χ2n) is 9.88. The van der Waals surface area contributed by atoms with Crippen LogP contribution in [0.5, 0.6) is 0 Å². The summed E-state index contributed by atoms with van der Waals surface area (Å²) in [5, 5.41) is 0. The van der Waals surface area contributed by atoms with Crippen molar-refractivity contribution in [3.05, 3.63) is 35.4 Å². The van der Waals surface area contributed by atoms with Crippen LogP contribution >= 0.6 is 0 Å². The van der Waals surface area contributed by atoms with Crippen molar-refractivity contribution in [3.63, 3.8) is 0 Å². The van der Waals surface area contributed by atoms with Crippen molar-refractivity contribution in [2.75, 3.05) is 13.1 Å². The van der Waals surface area contributed by atoms with E-state index in [0.29, 0.717) is 17.4 Å². The molecule has 1 nitrogen and oxygen atoms in total. The Morgan fingerprint density at radius 3 is 2.29 bits per heavy atom. The average Bonchev–Trinajstić information content (AvgIpc) is 2.67. The number of likely N-dealkylation sites (tertiary alicyclic amines) is 1. The summed E-state index contributed by atoms with van der Waals surface area (Å²) >= 11 is 0. The summed E-state index contributed by atoms with van der Waals surface area (Å²) in [7, 11) is 0. The maximum Gasteiger partial charge on any atom is 0.416 e. The summed E-state index contributed by atoms with van der Waals surface area (Å²) in [6.45, 7) is 4.77. The number of alkyl halides is 3. The van der Waals surface area contributed by atoms with Gasteiger partial charge in [0.25, 0.3) is 0 Å². The first-order valence-electron chi connectivity index (χ1n) is 11.3. The van der Waals surface area contributed by atoms with E-state index in [1.807, 2.05) is 0 Å². The van der Waals surface area contributed by atoms with Gasteiger partial charge in [-0.2, -0.15) is 13.2 Å². The van der Waals surface area contributed by atoms with Gasteiger partial charge in [-0.15, -0.1) is 0 Å². The second-order valence-corrected chi connectivity index (χ2v) is 9.88. The molecule has 1 heterocycles. The zero-order valence-electron chi connectivity index (χ0n) is 17.1. The molecule has 0 bridgehead atoms. The summed E-state index contributed by atoms with van der Waals surface area (Å²) in [5.41, 5.74) is 1.07. The van der Waals surface area contributed by atoms with Gasteiger partial charge in [0.05, 0.1) is 5.56 Å². The van der Waals surface area contributed by atoms with E-state index in [2.05, 4.69) is 11.8 Å². The fourth-order valence-corrected chi connectivity index (χ4v) is 6.54. The number of hydrogen-bond donors (Lipinski definition) is 0. The van der Waals surface area contributed by atoms with Crippen LogP contribution in [0.15, 0.2) is 24.3 Å². The molecule has 1 spiro atoms. The van der Waals surface area contributed by atoms with E-state index in [9.17, 15) is 13.2 Å². The highest BCUT2D eigenvalue weighted by Crippen LogP contribution is 2.47. The quantitative estimate of drug-likeness (QED) is 0.522. The van der Waals surface area contributed by atoms with Gasteiger partial charge in [0, 0.05) is 19.1 Å². The van der Waals surface area contributed by atoms with E-state index in [0.717, 1.165) is 24.4 Å². The maximum absolute atomic E-state index is 13.0. The van der Waals surface area contributed by atoms with Crippen LogP contribution in [0.25, 0.3) is 0 Å². The summed E-state index contributed by atoms with van der Waals surface area (Å²) < 4.78 is 38.9. The molecule has 0 radical (unpaired) electrons. The zero-order valence-corrected chi connectivity index (χ0v) is 17.1. The molecule has 2 aliphatic carbocycles. The predicted molar refractivity (Wildman–Crippen MR) is 107 cm³/mol. The smallest absolute Gasteiger partial charge is 0.299 e. The molecule has 4 heteroatoms. The van der Waals surface area contributed by atoms with E-state index >= 15 is 0 Å². The fourth-order valence-electron chi connectivity index (χ4n) is 6.54. The minimum Gasteiger partial charge on any atom is -0.299 e. The Balaban J connectivity index is 1.55. The van der Waals surface area contributed by atoms with Crippen molar-refractivity contribution in [3.8, 4) is 0 Å². The van der Waals surface area contributed by atoms with Crippen LogP contribution in [-0.2, 0) is 6.18 Å². The molecule has 3 fully saturated rings. The number of nitrogens with zero attached hydrogens (tertiary/aromatic N) is 1. The third-order valence-electron chi connectivity index (χ3n) is 7.65. The Bertz CT molecular complexity index is 645. The number of rotatable bonds is 2. The molecule has 0 aromatic heterocycles. The van der Waals surface area contributed by atoms with E-state index in [1.54, 1.807) is 12.1 Å².